The summed E-state index contributed by atoms with van der Waals surface area (Å²) in [5.41, 5.74) is -1.60. The predicted molar refractivity (Wildman–Crippen MR) is 99.6 cm³/mol. The van der Waals surface area contributed by atoms with Crippen molar-refractivity contribution in [3.63, 3.8) is 0 Å². The molecule has 0 bridgehead atoms. The molecule has 2 aromatic heterocycles. The van der Waals surface area contributed by atoms with E-state index in [2.05, 4.69) is 10.3 Å². The van der Waals surface area contributed by atoms with Gasteiger partial charge in [-0.2, -0.15) is 13.2 Å². The van der Waals surface area contributed by atoms with Crippen LogP contribution in [0.4, 0.5) is 13.2 Å². The topological polar surface area (TPSA) is 111 Å². The minimum Gasteiger partial charge on any atom is -0.387 e. The van der Waals surface area contributed by atoms with Crippen molar-refractivity contribution in [1.82, 2.24) is 24.0 Å². The highest BCUT2D eigenvalue weighted by atomic mass is 19.4. The zero-order valence-electron chi connectivity index (χ0n) is 16.0. The van der Waals surface area contributed by atoms with Crippen molar-refractivity contribution in [3.8, 4) is 0 Å². The number of fused-ring (bicyclic) bond motifs is 1. The highest BCUT2D eigenvalue weighted by molar-refractivity contribution is 5.78. The van der Waals surface area contributed by atoms with E-state index in [0.29, 0.717) is 0 Å². The molecule has 1 atom stereocenters. The average Bonchev–Trinajstić information content (AvgIpc) is 3.12. The van der Waals surface area contributed by atoms with Crippen LogP contribution in [0.15, 0.2) is 40.2 Å². The third-order valence-corrected chi connectivity index (χ3v) is 4.65. The molecule has 12 heteroatoms. The highest BCUT2D eigenvalue weighted by Crippen LogP contribution is 2.29. The number of aryl methyl sites for hydroxylation is 1. The molecule has 30 heavy (non-hydrogen) atoms. The number of alkyl halides is 3. The van der Waals surface area contributed by atoms with Gasteiger partial charge >= 0.3 is 11.9 Å². The van der Waals surface area contributed by atoms with Crippen LogP contribution in [-0.4, -0.2) is 36.2 Å². The number of imidazole rings is 1. The fourth-order valence-corrected chi connectivity index (χ4v) is 2.95. The lowest BCUT2D eigenvalue weighted by Crippen LogP contribution is -2.38. The molecule has 0 aliphatic heterocycles. The normalized spacial score (nSPS) is 12.9. The third kappa shape index (κ3) is 3.99. The van der Waals surface area contributed by atoms with Crippen molar-refractivity contribution < 1.29 is 23.1 Å². The van der Waals surface area contributed by atoms with Crippen LogP contribution in [0.2, 0.25) is 0 Å². The first kappa shape index (κ1) is 21.3. The molecule has 0 saturated carbocycles. The molecular weight excluding hydrogens is 407 g/mol. The summed E-state index contributed by atoms with van der Waals surface area (Å²) in [5, 5.41) is 12.6. The van der Waals surface area contributed by atoms with Crippen molar-refractivity contribution >= 4 is 17.1 Å². The zero-order valence-corrected chi connectivity index (χ0v) is 16.0. The fourth-order valence-electron chi connectivity index (χ4n) is 2.95. The number of nitrogens with one attached hydrogen (secondary N) is 1. The number of rotatable bonds is 5. The molecule has 9 nitrogen and oxygen atoms in total. The van der Waals surface area contributed by atoms with Crippen LogP contribution in [0.25, 0.3) is 11.2 Å². The first-order valence-corrected chi connectivity index (χ1v) is 8.73. The molecule has 2 N–H and O–H groups in total. The number of benzene rings is 1. The van der Waals surface area contributed by atoms with Crippen LogP contribution in [0, 0.1) is 0 Å². The molecule has 2 heterocycles. The molecule has 3 rings (SSSR count). The second-order valence-corrected chi connectivity index (χ2v) is 6.69. The smallest absolute Gasteiger partial charge is 0.387 e. The molecule has 0 aliphatic rings. The largest absolute Gasteiger partial charge is 0.416 e. The van der Waals surface area contributed by atoms with E-state index in [1.807, 2.05) is 0 Å². The number of carbonyl (C=O) groups is 1. The molecule has 0 saturated heterocycles. The van der Waals surface area contributed by atoms with Gasteiger partial charge in [0.25, 0.3) is 5.56 Å². The number of nitrogens with zero attached hydrogens (tertiary/aromatic N) is 4. The molecule has 0 radical (unpaired) electrons. The Morgan fingerprint density at radius 3 is 2.40 bits per heavy atom. The Morgan fingerprint density at radius 2 is 1.80 bits per heavy atom. The average molecular weight is 425 g/mol. The Morgan fingerprint density at radius 1 is 1.17 bits per heavy atom. The van der Waals surface area contributed by atoms with E-state index >= 15 is 0 Å². The first-order chi connectivity index (χ1) is 14.0. The van der Waals surface area contributed by atoms with Crippen LogP contribution in [-0.2, 0) is 31.6 Å². The van der Waals surface area contributed by atoms with Gasteiger partial charge in [0.15, 0.2) is 11.2 Å². The molecular formula is C18H18F3N5O4. The number of aliphatic hydroxyl groups is 1. The van der Waals surface area contributed by atoms with Gasteiger partial charge < -0.3 is 15.0 Å². The number of aromatic nitrogens is 4. The van der Waals surface area contributed by atoms with E-state index in [9.17, 15) is 32.7 Å². The standard InChI is InChI=1S/C18H18F3N5O4/c1-24-15-14(16(29)25(2)17(24)30)26(9-23-15)8-13(28)22-7-12(27)10-3-5-11(6-4-10)18(19,20)21/h3-6,9,12,27H,7-8H2,1-2H3,(H,22,28). The van der Waals surface area contributed by atoms with Crippen LogP contribution in [0.5, 0.6) is 0 Å². The number of amides is 1. The summed E-state index contributed by atoms with van der Waals surface area (Å²) >= 11 is 0. The maximum absolute atomic E-state index is 12.6. The van der Waals surface area contributed by atoms with E-state index in [4.69, 9.17) is 0 Å². The second kappa shape index (κ2) is 7.78. The van der Waals surface area contributed by atoms with Crippen LogP contribution in [0.1, 0.15) is 17.2 Å². The molecule has 1 amide bonds. The Bertz CT molecular complexity index is 1210. The molecule has 160 valence electrons. The van der Waals surface area contributed by atoms with Crippen LogP contribution >= 0.6 is 0 Å². The molecule has 0 aliphatic carbocycles. The van der Waals surface area contributed by atoms with Gasteiger partial charge in [-0.25, -0.2) is 9.78 Å². The first-order valence-electron chi connectivity index (χ1n) is 8.73. The Balaban J connectivity index is 1.69. The minimum atomic E-state index is -4.48. The number of aliphatic hydroxyl groups excluding tert-OH is 1. The number of carbonyl (C=O) groups excluding carboxylic acids is 1. The predicted octanol–water partition coefficient (Wildman–Crippen LogP) is 0.302. The zero-order chi connectivity index (χ0) is 22.2. The summed E-state index contributed by atoms with van der Waals surface area (Å²) in [6.07, 6.45) is -4.45. The van der Waals surface area contributed by atoms with Crippen LogP contribution < -0.4 is 16.6 Å². The summed E-state index contributed by atoms with van der Waals surface area (Å²) in [5.74, 6) is -0.559. The number of hydrogen-bond donors (Lipinski definition) is 2. The van der Waals surface area contributed by atoms with Gasteiger partial charge in [0, 0.05) is 20.6 Å². The molecule has 0 spiro atoms. The van der Waals surface area contributed by atoms with Gasteiger partial charge in [0.1, 0.15) is 6.54 Å². The van der Waals surface area contributed by atoms with E-state index in [1.165, 1.54) is 29.6 Å². The summed E-state index contributed by atoms with van der Waals surface area (Å²) in [6, 6.07) is 3.95. The fraction of sp³-hybridized carbons (Fsp3) is 0.333. The third-order valence-electron chi connectivity index (χ3n) is 4.65. The lowest BCUT2D eigenvalue weighted by molar-refractivity contribution is -0.137. The summed E-state index contributed by atoms with van der Waals surface area (Å²) in [4.78, 5) is 40.5. The number of hydrogen-bond acceptors (Lipinski definition) is 5. The molecule has 3 aromatic rings. The SMILES string of the molecule is Cn1c(=O)c2c(ncn2CC(=O)NCC(O)c2ccc(C(F)(F)F)cc2)n(C)c1=O. The van der Waals surface area contributed by atoms with Gasteiger partial charge in [-0.1, -0.05) is 12.1 Å². The Kier molecular flexibility index (Phi) is 5.53. The quantitative estimate of drug-likeness (QED) is 0.611. The Labute approximate surface area is 167 Å². The maximum atomic E-state index is 12.6. The van der Waals surface area contributed by atoms with E-state index in [-0.39, 0.29) is 29.8 Å². The van der Waals surface area contributed by atoms with Crippen molar-refractivity contribution in [2.45, 2.75) is 18.8 Å². The van der Waals surface area contributed by atoms with Gasteiger partial charge in [0.05, 0.1) is 18.0 Å². The summed E-state index contributed by atoms with van der Waals surface area (Å²) in [7, 11) is 2.75. The Hall–Kier alpha value is -3.41. The van der Waals surface area contributed by atoms with Crippen molar-refractivity contribution in [1.29, 1.82) is 0 Å². The van der Waals surface area contributed by atoms with Crippen molar-refractivity contribution in [2.75, 3.05) is 6.54 Å². The maximum Gasteiger partial charge on any atom is 0.416 e. The lowest BCUT2D eigenvalue weighted by Gasteiger charge is -2.14. The number of halogens is 3. The molecule has 1 aromatic carbocycles. The van der Waals surface area contributed by atoms with Gasteiger partial charge in [-0.05, 0) is 17.7 Å². The highest BCUT2D eigenvalue weighted by Gasteiger charge is 2.30. The van der Waals surface area contributed by atoms with E-state index in [1.54, 1.807) is 0 Å². The summed E-state index contributed by atoms with van der Waals surface area (Å²) in [6.45, 7) is -0.545. The molecule has 0 fully saturated rings. The minimum absolute atomic E-state index is 0.0676. The van der Waals surface area contributed by atoms with Gasteiger partial charge in [0.2, 0.25) is 5.91 Å². The summed E-state index contributed by atoms with van der Waals surface area (Å²) < 4.78 is 41.1. The van der Waals surface area contributed by atoms with Crippen LogP contribution in [0.3, 0.4) is 0 Å². The van der Waals surface area contributed by atoms with E-state index in [0.717, 1.165) is 28.8 Å². The van der Waals surface area contributed by atoms with E-state index < -0.39 is 35.0 Å². The second-order valence-electron chi connectivity index (χ2n) is 6.69. The lowest BCUT2D eigenvalue weighted by atomic mass is 10.1. The monoisotopic (exact) mass is 425 g/mol. The molecule has 1 unspecified atom stereocenters. The van der Waals surface area contributed by atoms with Gasteiger partial charge in [-0.15, -0.1) is 0 Å². The van der Waals surface area contributed by atoms with Crippen molar-refractivity contribution in [3.05, 3.63) is 62.6 Å². The van der Waals surface area contributed by atoms with Crippen molar-refractivity contribution in [2.24, 2.45) is 14.1 Å². The van der Waals surface area contributed by atoms with Gasteiger partial charge in [-0.3, -0.25) is 18.7 Å².